The molecule has 1 rings (SSSR count). The Morgan fingerprint density at radius 2 is 2.60 bits per heavy atom. The summed E-state index contributed by atoms with van der Waals surface area (Å²) in [6, 6.07) is 0. The lowest BCUT2D eigenvalue weighted by Crippen LogP contribution is -2.04. The number of hydrogen-bond donors (Lipinski definition) is 0. The van der Waals surface area contributed by atoms with Crippen molar-refractivity contribution in [2.75, 3.05) is 0 Å². The predicted octanol–water partition coefficient (Wildman–Crippen LogP) is 1.51. The number of carbonyl (C=O) groups is 1. The average Bonchev–Trinajstić information content (AvgIpc) is 2.30. The molecule has 0 aromatic heterocycles. The SMILES string of the molecule is C=C[C@H]1C[C@H](CC)OC1=O. The summed E-state index contributed by atoms with van der Waals surface area (Å²) in [5.41, 5.74) is 0. The number of cyclic esters (lactones) is 1. The summed E-state index contributed by atoms with van der Waals surface area (Å²) in [6.07, 6.45) is 3.53. The molecule has 0 aromatic carbocycles. The maximum atomic E-state index is 10.9. The predicted molar refractivity (Wildman–Crippen MR) is 38.5 cm³/mol. The Morgan fingerprint density at radius 1 is 1.90 bits per heavy atom. The second-order valence-corrected chi connectivity index (χ2v) is 2.55. The zero-order chi connectivity index (χ0) is 7.56. The first-order valence-corrected chi connectivity index (χ1v) is 3.61. The summed E-state index contributed by atoms with van der Waals surface area (Å²) < 4.78 is 5.00. The highest BCUT2D eigenvalue weighted by Crippen LogP contribution is 2.23. The van der Waals surface area contributed by atoms with Crippen molar-refractivity contribution < 1.29 is 9.53 Å². The number of ether oxygens (including phenoxy) is 1. The van der Waals surface area contributed by atoms with Crippen LogP contribution < -0.4 is 0 Å². The first-order valence-electron chi connectivity index (χ1n) is 3.61. The molecule has 0 saturated carbocycles. The van der Waals surface area contributed by atoms with Crippen LogP contribution in [0.2, 0.25) is 0 Å². The van der Waals surface area contributed by atoms with Crippen molar-refractivity contribution in [3.8, 4) is 0 Å². The standard InChI is InChI=1S/C8H12O2/c1-3-6-5-7(4-2)10-8(6)9/h3,6-7H,1,4-5H2,2H3/t6-,7-/m0/s1. The molecule has 0 spiro atoms. The van der Waals surface area contributed by atoms with E-state index in [1.807, 2.05) is 6.92 Å². The van der Waals surface area contributed by atoms with Gasteiger partial charge in [-0.3, -0.25) is 4.79 Å². The molecule has 56 valence electrons. The maximum absolute atomic E-state index is 10.9. The number of hydrogen-bond acceptors (Lipinski definition) is 2. The highest BCUT2D eigenvalue weighted by molar-refractivity contribution is 5.76. The van der Waals surface area contributed by atoms with Gasteiger partial charge in [0.2, 0.25) is 0 Å². The van der Waals surface area contributed by atoms with Crippen molar-refractivity contribution in [2.24, 2.45) is 5.92 Å². The second kappa shape index (κ2) is 2.86. The first-order chi connectivity index (χ1) is 4.77. The minimum absolute atomic E-state index is 0.0510. The van der Waals surface area contributed by atoms with E-state index in [0.29, 0.717) is 0 Å². The Kier molecular flexibility index (Phi) is 2.10. The van der Waals surface area contributed by atoms with Gasteiger partial charge in [-0.25, -0.2) is 0 Å². The minimum atomic E-state index is -0.109. The molecule has 2 atom stereocenters. The van der Waals surface area contributed by atoms with Crippen LogP contribution in [-0.4, -0.2) is 12.1 Å². The molecule has 1 heterocycles. The molecule has 0 N–H and O–H groups in total. The second-order valence-electron chi connectivity index (χ2n) is 2.55. The van der Waals surface area contributed by atoms with Crippen LogP contribution in [0, 0.1) is 5.92 Å². The zero-order valence-electron chi connectivity index (χ0n) is 6.17. The first kappa shape index (κ1) is 7.32. The van der Waals surface area contributed by atoms with E-state index in [2.05, 4.69) is 6.58 Å². The highest BCUT2D eigenvalue weighted by Gasteiger charge is 2.30. The van der Waals surface area contributed by atoms with Crippen molar-refractivity contribution >= 4 is 5.97 Å². The van der Waals surface area contributed by atoms with Gasteiger partial charge in [0.15, 0.2) is 0 Å². The molecule has 2 nitrogen and oxygen atoms in total. The van der Waals surface area contributed by atoms with Gasteiger partial charge in [0.1, 0.15) is 6.10 Å². The fraction of sp³-hybridized carbons (Fsp3) is 0.625. The van der Waals surface area contributed by atoms with Crippen LogP contribution in [0.15, 0.2) is 12.7 Å². The van der Waals surface area contributed by atoms with Crippen LogP contribution >= 0.6 is 0 Å². The van der Waals surface area contributed by atoms with E-state index in [4.69, 9.17) is 4.74 Å². The van der Waals surface area contributed by atoms with Gasteiger partial charge in [0.25, 0.3) is 0 Å². The highest BCUT2D eigenvalue weighted by atomic mass is 16.5. The topological polar surface area (TPSA) is 26.3 Å². The largest absolute Gasteiger partial charge is 0.462 e. The van der Waals surface area contributed by atoms with Gasteiger partial charge in [0.05, 0.1) is 5.92 Å². The van der Waals surface area contributed by atoms with Crippen LogP contribution in [0.3, 0.4) is 0 Å². The maximum Gasteiger partial charge on any atom is 0.313 e. The molecule has 10 heavy (non-hydrogen) atoms. The third kappa shape index (κ3) is 1.20. The van der Waals surface area contributed by atoms with Crippen molar-refractivity contribution in [1.29, 1.82) is 0 Å². The third-order valence-corrected chi connectivity index (χ3v) is 1.84. The fourth-order valence-electron chi connectivity index (χ4n) is 1.12. The number of carbonyl (C=O) groups excluding carboxylic acids is 1. The van der Waals surface area contributed by atoms with Crippen LogP contribution in [0.4, 0.5) is 0 Å². The van der Waals surface area contributed by atoms with Gasteiger partial charge >= 0.3 is 5.97 Å². The molecule has 1 fully saturated rings. The van der Waals surface area contributed by atoms with Gasteiger partial charge in [-0.1, -0.05) is 13.0 Å². The molecular weight excluding hydrogens is 128 g/mol. The Hall–Kier alpha value is -0.790. The van der Waals surface area contributed by atoms with Crippen molar-refractivity contribution in [3.05, 3.63) is 12.7 Å². The van der Waals surface area contributed by atoms with Crippen molar-refractivity contribution in [2.45, 2.75) is 25.9 Å². The van der Waals surface area contributed by atoms with Gasteiger partial charge in [-0.2, -0.15) is 0 Å². The molecular formula is C8H12O2. The quantitative estimate of drug-likeness (QED) is 0.429. The summed E-state index contributed by atoms with van der Waals surface area (Å²) in [6.45, 7) is 5.58. The van der Waals surface area contributed by atoms with Crippen molar-refractivity contribution in [1.82, 2.24) is 0 Å². The van der Waals surface area contributed by atoms with E-state index in [1.165, 1.54) is 0 Å². The van der Waals surface area contributed by atoms with Crippen LogP contribution in [-0.2, 0) is 9.53 Å². The molecule has 2 heteroatoms. The third-order valence-electron chi connectivity index (χ3n) is 1.84. The van der Waals surface area contributed by atoms with E-state index < -0.39 is 0 Å². The Morgan fingerprint density at radius 3 is 2.90 bits per heavy atom. The minimum Gasteiger partial charge on any atom is -0.462 e. The van der Waals surface area contributed by atoms with Crippen molar-refractivity contribution in [3.63, 3.8) is 0 Å². The summed E-state index contributed by atoms with van der Waals surface area (Å²) in [5, 5.41) is 0. The molecule has 0 radical (unpaired) electrons. The Balaban J connectivity index is 2.52. The molecule has 0 aromatic rings. The lowest BCUT2D eigenvalue weighted by Gasteiger charge is -2.01. The fourth-order valence-corrected chi connectivity index (χ4v) is 1.12. The van der Waals surface area contributed by atoms with Crippen LogP contribution in [0.1, 0.15) is 19.8 Å². The van der Waals surface area contributed by atoms with E-state index in [9.17, 15) is 4.79 Å². The normalized spacial score (nSPS) is 31.9. The lowest BCUT2D eigenvalue weighted by molar-refractivity contribution is -0.143. The summed E-state index contributed by atoms with van der Waals surface area (Å²) in [4.78, 5) is 10.9. The van der Waals surface area contributed by atoms with Gasteiger partial charge in [-0.05, 0) is 6.42 Å². The molecule has 0 unspecified atom stereocenters. The number of rotatable bonds is 2. The summed E-state index contributed by atoms with van der Waals surface area (Å²) in [5.74, 6) is -0.160. The van der Waals surface area contributed by atoms with E-state index >= 15 is 0 Å². The van der Waals surface area contributed by atoms with E-state index in [0.717, 1.165) is 12.8 Å². The van der Waals surface area contributed by atoms with Gasteiger partial charge in [0, 0.05) is 6.42 Å². The molecule has 0 aliphatic carbocycles. The monoisotopic (exact) mass is 140 g/mol. The van der Waals surface area contributed by atoms with Crippen LogP contribution in [0.25, 0.3) is 0 Å². The van der Waals surface area contributed by atoms with E-state index in [1.54, 1.807) is 6.08 Å². The van der Waals surface area contributed by atoms with Gasteiger partial charge in [-0.15, -0.1) is 6.58 Å². The van der Waals surface area contributed by atoms with E-state index in [-0.39, 0.29) is 18.0 Å². The molecule has 1 aliphatic rings. The summed E-state index contributed by atoms with van der Waals surface area (Å²) >= 11 is 0. The molecule has 1 aliphatic heterocycles. The van der Waals surface area contributed by atoms with Gasteiger partial charge < -0.3 is 4.74 Å². The Bertz CT molecular complexity index is 151. The smallest absolute Gasteiger partial charge is 0.313 e. The zero-order valence-corrected chi connectivity index (χ0v) is 6.17. The summed E-state index contributed by atoms with van der Waals surface area (Å²) in [7, 11) is 0. The number of esters is 1. The molecule has 1 saturated heterocycles. The lowest BCUT2D eigenvalue weighted by atomic mass is 10.0. The average molecular weight is 140 g/mol. The molecule has 0 amide bonds. The van der Waals surface area contributed by atoms with Crippen LogP contribution in [0.5, 0.6) is 0 Å². The Labute approximate surface area is 60.9 Å². The molecule has 0 bridgehead atoms.